The van der Waals surface area contributed by atoms with Gasteiger partial charge in [0.15, 0.2) is 12.4 Å². The second-order valence-electron chi connectivity index (χ2n) is 7.89. The summed E-state index contributed by atoms with van der Waals surface area (Å²) in [4.78, 5) is 36.6. The Labute approximate surface area is 206 Å². The van der Waals surface area contributed by atoms with Gasteiger partial charge in [-0.05, 0) is 55.3 Å². The van der Waals surface area contributed by atoms with E-state index in [1.54, 1.807) is 49.6 Å². The molecule has 0 radical (unpaired) electrons. The molecule has 3 aromatic carbocycles. The predicted octanol–water partition coefficient (Wildman–Crippen LogP) is 5.63. The van der Waals surface area contributed by atoms with Crippen molar-refractivity contribution in [2.75, 3.05) is 13.7 Å². The number of benzene rings is 3. The number of ether oxygens (including phenoxy) is 3. The maximum absolute atomic E-state index is 13.3. The van der Waals surface area contributed by atoms with Crippen LogP contribution in [-0.4, -0.2) is 24.4 Å². The Kier molecular flexibility index (Phi) is 7.00. The van der Waals surface area contributed by atoms with Crippen LogP contribution in [0.3, 0.4) is 0 Å². The molecule has 0 aliphatic carbocycles. The zero-order valence-corrected chi connectivity index (χ0v) is 19.9. The van der Waals surface area contributed by atoms with Gasteiger partial charge < -0.3 is 18.6 Å². The molecule has 0 atom stereocenters. The number of ketones is 1. The minimum Gasteiger partial charge on any atom is -0.497 e. The summed E-state index contributed by atoms with van der Waals surface area (Å²) >= 11 is 0. The van der Waals surface area contributed by atoms with Gasteiger partial charge >= 0.3 is 5.69 Å². The van der Waals surface area contributed by atoms with Crippen molar-refractivity contribution >= 4 is 22.4 Å². The SMILES string of the molecule is CCc1cc2c(=O)c(Oc3ccccc3[N+](=O)[O-])c(C)oc2cc1OCC(=O)c1ccc(OC)cc1. The smallest absolute Gasteiger partial charge is 0.311 e. The third-order valence-electron chi connectivity index (χ3n) is 5.62. The van der Waals surface area contributed by atoms with E-state index >= 15 is 0 Å². The third kappa shape index (κ3) is 4.90. The number of aryl methyl sites for hydroxylation is 2. The molecule has 0 amide bonds. The van der Waals surface area contributed by atoms with E-state index in [-0.39, 0.29) is 46.3 Å². The molecule has 0 fully saturated rings. The fourth-order valence-electron chi connectivity index (χ4n) is 3.70. The van der Waals surface area contributed by atoms with Crippen molar-refractivity contribution in [2.24, 2.45) is 0 Å². The van der Waals surface area contributed by atoms with Crippen molar-refractivity contribution in [1.82, 2.24) is 0 Å². The summed E-state index contributed by atoms with van der Waals surface area (Å²) in [7, 11) is 1.55. The van der Waals surface area contributed by atoms with E-state index < -0.39 is 10.4 Å². The summed E-state index contributed by atoms with van der Waals surface area (Å²) in [5.41, 5.74) is 0.682. The lowest BCUT2D eigenvalue weighted by Gasteiger charge is -2.13. The Bertz CT molecular complexity index is 1510. The Morgan fingerprint density at radius 3 is 2.44 bits per heavy atom. The highest BCUT2D eigenvalue weighted by molar-refractivity contribution is 5.97. The van der Waals surface area contributed by atoms with Crippen LogP contribution >= 0.6 is 0 Å². The van der Waals surface area contributed by atoms with E-state index in [1.165, 1.54) is 25.1 Å². The van der Waals surface area contributed by atoms with Crippen LogP contribution in [0.25, 0.3) is 11.0 Å². The van der Waals surface area contributed by atoms with E-state index in [4.69, 9.17) is 18.6 Å². The van der Waals surface area contributed by atoms with Crippen LogP contribution in [0.4, 0.5) is 5.69 Å². The molecule has 4 rings (SSSR count). The molecule has 1 heterocycles. The lowest BCUT2D eigenvalue weighted by Crippen LogP contribution is -2.13. The number of hydrogen-bond donors (Lipinski definition) is 0. The number of methoxy groups -OCH3 is 1. The first kappa shape index (κ1) is 24.5. The zero-order chi connectivity index (χ0) is 25.8. The quantitative estimate of drug-likeness (QED) is 0.168. The lowest BCUT2D eigenvalue weighted by molar-refractivity contribution is -0.385. The Hall–Kier alpha value is -4.66. The number of fused-ring (bicyclic) bond motifs is 1. The molecule has 36 heavy (non-hydrogen) atoms. The van der Waals surface area contributed by atoms with E-state index in [1.807, 2.05) is 6.92 Å². The third-order valence-corrected chi connectivity index (χ3v) is 5.62. The summed E-state index contributed by atoms with van der Waals surface area (Å²) in [5, 5.41) is 11.6. The van der Waals surface area contributed by atoms with Gasteiger partial charge in [0.2, 0.25) is 16.9 Å². The van der Waals surface area contributed by atoms with Crippen LogP contribution in [0.15, 0.2) is 69.9 Å². The van der Waals surface area contributed by atoms with Crippen molar-refractivity contribution in [3.63, 3.8) is 0 Å². The molecular weight excluding hydrogens is 466 g/mol. The molecule has 9 heteroatoms. The van der Waals surface area contributed by atoms with E-state index in [0.29, 0.717) is 29.0 Å². The molecule has 4 aromatic rings. The number of Topliss-reactive ketones (excluding diaryl/α,β-unsaturated/α-hetero) is 1. The molecule has 0 N–H and O–H groups in total. The Balaban J connectivity index is 1.65. The van der Waals surface area contributed by atoms with Crippen LogP contribution in [0, 0.1) is 17.0 Å². The van der Waals surface area contributed by atoms with Crippen LogP contribution in [0.2, 0.25) is 0 Å². The number of nitro benzene ring substituents is 1. The molecule has 0 aliphatic rings. The normalized spacial score (nSPS) is 10.8. The van der Waals surface area contributed by atoms with Gasteiger partial charge in [-0.15, -0.1) is 0 Å². The molecule has 0 saturated carbocycles. The minimum absolute atomic E-state index is 0.0648. The number of nitro groups is 1. The van der Waals surface area contributed by atoms with E-state index in [2.05, 4.69) is 0 Å². The van der Waals surface area contributed by atoms with Crippen LogP contribution in [-0.2, 0) is 6.42 Å². The van der Waals surface area contributed by atoms with Gasteiger partial charge in [0.05, 0.1) is 17.4 Å². The topological polar surface area (TPSA) is 118 Å². The summed E-state index contributed by atoms with van der Waals surface area (Å²) in [6.45, 7) is 3.22. The van der Waals surface area contributed by atoms with Crippen molar-refractivity contribution < 1.29 is 28.3 Å². The van der Waals surface area contributed by atoms with Crippen LogP contribution in [0.1, 0.15) is 28.6 Å². The summed E-state index contributed by atoms with van der Waals surface area (Å²) in [5.74, 6) is 0.792. The van der Waals surface area contributed by atoms with E-state index in [9.17, 15) is 19.7 Å². The van der Waals surface area contributed by atoms with E-state index in [0.717, 1.165) is 0 Å². The number of rotatable bonds is 9. The van der Waals surface area contributed by atoms with Crippen molar-refractivity contribution in [3.05, 3.63) is 97.9 Å². The van der Waals surface area contributed by atoms with Gasteiger partial charge in [-0.3, -0.25) is 19.7 Å². The Morgan fingerprint density at radius 1 is 1.06 bits per heavy atom. The zero-order valence-electron chi connectivity index (χ0n) is 19.9. The molecule has 9 nitrogen and oxygen atoms in total. The molecule has 0 unspecified atom stereocenters. The summed E-state index contributed by atoms with van der Waals surface area (Å²) in [6.07, 6.45) is 0.523. The molecule has 1 aromatic heterocycles. The van der Waals surface area contributed by atoms with Gasteiger partial charge in [0.25, 0.3) is 0 Å². The molecular formula is C27H23NO8. The first-order chi connectivity index (χ1) is 17.3. The number of carbonyl (C=O) groups excluding carboxylic acids is 1. The standard InChI is InChI=1S/C27H23NO8/c1-4-17-13-20-25(14-24(17)34-15-22(29)18-9-11-19(33-3)12-10-18)35-16(2)27(26(20)30)36-23-8-6-5-7-21(23)28(31)32/h5-14H,4,15H2,1-3H3. The molecule has 0 saturated heterocycles. The fraction of sp³-hybridized carbons (Fsp3) is 0.185. The first-order valence-electron chi connectivity index (χ1n) is 11.1. The average Bonchev–Trinajstić information content (AvgIpc) is 2.89. The average molecular weight is 489 g/mol. The van der Waals surface area contributed by atoms with Gasteiger partial charge in [0, 0.05) is 17.7 Å². The van der Waals surface area contributed by atoms with Gasteiger partial charge in [0.1, 0.15) is 22.8 Å². The predicted molar refractivity (Wildman–Crippen MR) is 133 cm³/mol. The van der Waals surface area contributed by atoms with Crippen molar-refractivity contribution in [2.45, 2.75) is 20.3 Å². The number of hydrogen-bond acceptors (Lipinski definition) is 8. The second kappa shape index (κ2) is 10.3. The first-order valence-corrected chi connectivity index (χ1v) is 11.1. The van der Waals surface area contributed by atoms with Gasteiger partial charge in [-0.25, -0.2) is 0 Å². The van der Waals surface area contributed by atoms with Crippen LogP contribution < -0.4 is 19.6 Å². The van der Waals surface area contributed by atoms with Crippen molar-refractivity contribution in [3.8, 4) is 23.0 Å². The maximum Gasteiger partial charge on any atom is 0.311 e. The second-order valence-corrected chi connectivity index (χ2v) is 7.89. The molecule has 0 spiro atoms. The monoisotopic (exact) mass is 489 g/mol. The van der Waals surface area contributed by atoms with Gasteiger partial charge in [-0.2, -0.15) is 0 Å². The van der Waals surface area contributed by atoms with Crippen LogP contribution in [0.5, 0.6) is 23.0 Å². The molecule has 184 valence electrons. The summed E-state index contributed by atoms with van der Waals surface area (Å²) < 4.78 is 22.4. The minimum atomic E-state index is -0.584. The van der Waals surface area contributed by atoms with Crippen molar-refractivity contribution in [1.29, 1.82) is 0 Å². The number of nitrogens with zero attached hydrogens (tertiary/aromatic N) is 1. The Morgan fingerprint density at radius 2 is 1.78 bits per heavy atom. The number of para-hydroxylation sites is 2. The highest BCUT2D eigenvalue weighted by atomic mass is 16.6. The highest BCUT2D eigenvalue weighted by Crippen LogP contribution is 2.33. The lowest BCUT2D eigenvalue weighted by atomic mass is 10.1. The largest absolute Gasteiger partial charge is 0.497 e. The van der Waals surface area contributed by atoms with Gasteiger partial charge in [-0.1, -0.05) is 19.1 Å². The maximum atomic E-state index is 13.3. The fourth-order valence-corrected chi connectivity index (χ4v) is 3.70. The molecule has 0 aliphatic heterocycles. The highest BCUT2D eigenvalue weighted by Gasteiger charge is 2.21. The number of carbonyl (C=O) groups is 1. The molecule has 0 bridgehead atoms. The summed E-state index contributed by atoms with van der Waals surface area (Å²) in [6, 6.07) is 15.7.